The van der Waals surface area contributed by atoms with Crippen LogP contribution in [0.3, 0.4) is 0 Å². The first-order valence-corrected chi connectivity index (χ1v) is 8.90. The Balaban J connectivity index is 1.92. The van der Waals surface area contributed by atoms with E-state index in [4.69, 9.17) is 4.42 Å². The van der Waals surface area contributed by atoms with Crippen molar-refractivity contribution in [1.29, 1.82) is 0 Å². The Morgan fingerprint density at radius 2 is 2.23 bits per heavy atom. The summed E-state index contributed by atoms with van der Waals surface area (Å²) in [5.74, 6) is 0.489. The minimum absolute atomic E-state index is 0.0507. The number of carbonyl (C=O) groups excluding carboxylic acids is 2. The number of carbonyl (C=O) groups is 2. The molecular weight excluding hydrogens is 300 g/mol. The molecule has 0 saturated carbocycles. The summed E-state index contributed by atoms with van der Waals surface area (Å²) in [6, 6.07) is 1.45. The van der Waals surface area contributed by atoms with E-state index in [1.54, 1.807) is 29.2 Å². The lowest BCUT2D eigenvalue weighted by molar-refractivity contribution is -0.138. The van der Waals surface area contributed by atoms with Gasteiger partial charge in [0.15, 0.2) is 0 Å². The fourth-order valence-electron chi connectivity index (χ4n) is 2.65. The monoisotopic (exact) mass is 324 g/mol. The number of hydrogen-bond donors (Lipinski definition) is 1. The van der Waals surface area contributed by atoms with Gasteiger partial charge in [0.2, 0.25) is 11.8 Å². The minimum atomic E-state index is -0.395. The molecule has 2 heterocycles. The van der Waals surface area contributed by atoms with Gasteiger partial charge in [-0.3, -0.25) is 9.59 Å². The first-order valence-electron chi connectivity index (χ1n) is 7.85. The van der Waals surface area contributed by atoms with Gasteiger partial charge in [0.05, 0.1) is 12.5 Å². The number of nitrogens with one attached hydrogen (secondary N) is 1. The van der Waals surface area contributed by atoms with Gasteiger partial charge in [0, 0.05) is 24.8 Å². The van der Waals surface area contributed by atoms with Gasteiger partial charge in [-0.25, -0.2) is 0 Å². The molecule has 1 N–H and O–H groups in total. The third-order valence-corrected chi connectivity index (χ3v) is 5.15. The van der Waals surface area contributed by atoms with E-state index >= 15 is 0 Å². The zero-order chi connectivity index (χ0) is 15.9. The number of furan rings is 1. The molecule has 1 saturated heterocycles. The van der Waals surface area contributed by atoms with Crippen LogP contribution in [0.2, 0.25) is 0 Å². The fraction of sp³-hybridized carbons (Fsp3) is 0.625. The van der Waals surface area contributed by atoms with Crippen LogP contribution in [0.15, 0.2) is 23.0 Å². The van der Waals surface area contributed by atoms with Crippen LogP contribution < -0.4 is 5.32 Å². The maximum absolute atomic E-state index is 12.4. The van der Waals surface area contributed by atoms with E-state index in [2.05, 4.69) is 12.2 Å². The van der Waals surface area contributed by atoms with Crippen LogP contribution >= 0.6 is 11.8 Å². The number of amides is 2. The predicted octanol–water partition coefficient (Wildman–Crippen LogP) is 2.94. The van der Waals surface area contributed by atoms with Gasteiger partial charge in [-0.2, -0.15) is 0 Å². The molecular formula is C16H24N2O3S. The zero-order valence-electron chi connectivity index (χ0n) is 13.2. The molecule has 2 atom stereocenters. The zero-order valence-corrected chi connectivity index (χ0v) is 14.0. The lowest BCUT2D eigenvalue weighted by Crippen LogP contribution is -2.47. The Kier molecular flexibility index (Phi) is 6.36. The van der Waals surface area contributed by atoms with Crippen molar-refractivity contribution in [2.45, 2.75) is 50.9 Å². The summed E-state index contributed by atoms with van der Waals surface area (Å²) in [4.78, 5) is 26.0. The molecule has 1 fully saturated rings. The average Bonchev–Trinajstić information content (AvgIpc) is 3.15. The van der Waals surface area contributed by atoms with Crippen LogP contribution in [0.5, 0.6) is 0 Å². The number of nitrogens with zero attached hydrogens (tertiary/aromatic N) is 1. The second-order valence-electron chi connectivity index (χ2n) is 5.54. The molecule has 2 amide bonds. The van der Waals surface area contributed by atoms with Crippen LogP contribution in [0.4, 0.5) is 0 Å². The van der Waals surface area contributed by atoms with Gasteiger partial charge in [-0.05, 0) is 12.5 Å². The Labute approximate surface area is 135 Å². The van der Waals surface area contributed by atoms with Crippen LogP contribution in [-0.4, -0.2) is 35.1 Å². The summed E-state index contributed by atoms with van der Waals surface area (Å²) in [6.07, 6.45) is 7.72. The van der Waals surface area contributed by atoms with E-state index in [1.807, 2.05) is 6.07 Å². The van der Waals surface area contributed by atoms with Crippen molar-refractivity contribution in [3.8, 4) is 0 Å². The molecule has 5 nitrogen and oxygen atoms in total. The SMILES string of the molecule is CCCCCCNC(=O)C1CSC(c2ccoc2)N1C(C)=O. The molecule has 122 valence electrons. The largest absolute Gasteiger partial charge is 0.472 e. The van der Waals surface area contributed by atoms with Crippen molar-refractivity contribution < 1.29 is 14.0 Å². The van der Waals surface area contributed by atoms with E-state index < -0.39 is 6.04 Å². The van der Waals surface area contributed by atoms with Crippen molar-refractivity contribution >= 4 is 23.6 Å². The van der Waals surface area contributed by atoms with E-state index in [-0.39, 0.29) is 17.2 Å². The van der Waals surface area contributed by atoms with Crippen molar-refractivity contribution in [2.75, 3.05) is 12.3 Å². The highest BCUT2D eigenvalue weighted by atomic mass is 32.2. The molecule has 0 aliphatic carbocycles. The van der Waals surface area contributed by atoms with Gasteiger partial charge < -0.3 is 14.6 Å². The van der Waals surface area contributed by atoms with Crippen LogP contribution in [0.25, 0.3) is 0 Å². The number of rotatable bonds is 7. The van der Waals surface area contributed by atoms with Gasteiger partial charge in [-0.1, -0.05) is 26.2 Å². The number of hydrogen-bond acceptors (Lipinski definition) is 4. The minimum Gasteiger partial charge on any atom is -0.472 e. The molecule has 0 aromatic carbocycles. The van der Waals surface area contributed by atoms with E-state index in [1.165, 1.54) is 19.8 Å². The molecule has 6 heteroatoms. The van der Waals surface area contributed by atoms with E-state index in [9.17, 15) is 9.59 Å². The molecule has 0 radical (unpaired) electrons. The molecule has 0 bridgehead atoms. The van der Waals surface area contributed by atoms with Gasteiger partial charge >= 0.3 is 0 Å². The van der Waals surface area contributed by atoms with Crippen molar-refractivity contribution in [3.05, 3.63) is 24.2 Å². The summed E-state index contributed by atoms with van der Waals surface area (Å²) in [6.45, 7) is 4.36. The summed E-state index contributed by atoms with van der Waals surface area (Å²) >= 11 is 1.60. The van der Waals surface area contributed by atoms with Crippen LogP contribution in [0, 0.1) is 0 Å². The molecule has 0 spiro atoms. The average molecular weight is 324 g/mol. The van der Waals surface area contributed by atoms with Gasteiger partial charge in [0.1, 0.15) is 11.4 Å². The van der Waals surface area contributed by atoms with E-state index in [0.29, 0.717) is 12.3 Å². The summed E-state index contributed by atoms with van der Waals surface area (Å²) < 4.78 is 5.10. The molecule has 1 aliphatic heterocycles. The topological polar surface area (TPSA) is 62.6 Å². The molecule has 1 aromatic heterocycles. The number of unbranched alkanes of at least 4 members (excludes halogenated alkanes) is 3. The van der Waals surface area contributed by atoms with Crippen molar-refractivity contribution in [3.63, 3.8) is 0 Å². The molecule has 2 rings (SSSR count). The highest BCUT2D eigenvalue weighted by Gasteiger charge is 2.41. The Morgan fingerprint density at radius 3 is 2.86 bits per heavy atom. The van der Waals surface area contributed by atoms with Crippen molar-refractivity contribution in [1.82, 2.24) is 10.2 Å². The molecule has 22 heavy (non-hydrogen) atoms. The van der Waals surface area contributed by atoms with E-state index in [0.717, 1.165) is 18.4 Å². The predicted molar refractivity (Wildman–Crippen MR) is 87.4 cm³/mol. The van der Waals surface area contributed by atoms with Crippen LogP contribution in [0.1, 0.15) is 50.5 Å². The first-order chi connectivity index (χ1) is 10.6. The summed E-state index contributed by atoms with van der Waals surface area (Å²) in [7, 11) is 0. The Bertz CT molecular complexity index is 490. The van der Waals surface area contributed by atoms with Gasteiger partial charge in [0.25, 0.3) is 0 Å². The summed E-state index contributed by atoms with van der Waals surface area (Å²) in [5.41, 5.74) is 0.929. The lowest BCUT2D eigenvalue weighted by Gasteiger charge is -2.27. The normalized spacial score (nSPS) is 21.1. The van der Waals surface area contributed by atoms with Crippen molar-refractivity contribution in [2.24, 2.45) is 0 Å². The Morgan fingerprint density at radius 1 is 1.41 bits per heavy atom. The fourth-order valence-corrected chi connectivity index (χ4v) is 4.11. The quantitative estimate of drug-likeness (QED) is 0.783. The van der Waals surface area contributed by atoms with Gasteiger partial charge in [-0.15, -0.1) is 11.8 Å². The number of thioether (sulfide) groups is 1. The maximum Gasteiger partial charge on any atom is 0.243 e. The maximum atomic E-state index is 12.4. The second-order valence-corrected chi connectivity index (χ2v) is 6.65. The smallest absolute Gasteiger partial charge is 0.243 e. The third-order valence-electron chi connectivity index (χ3n) is 3.82. The molecule has 2 unspecified atom stereocenters. The summed E-state index contributed by atoms with van der Waals surface area (Å²) in [5, 5.41) is 2.83. The highest BCUT2D eigenvalue weighted by Crippen LogP contribution is 2.41. The van der Waals surface area contributed by atoms with Crippen LogP contribution in [-0.2, 0) is 9.59 Å². The molecule has 1 aromatic rings. The Hall–Kier alpha value is -1.43. The first kappa shape index (κ1) is 16.9. The third kappa shape index (κ3) is 4.06. The second kappa shape index (κ2) is 8.27. The molecule has 1 aliphatic rings. The lowest BCUT2D eigenvalue weighted by atomic mass is 10.2. The highest BCUT2D eigenvalue weighted by molar-refractivity contribution is 7.99. The standard InChI is InChI=1S/C16H24N2O3S/c1-3-4-5-6-8-17-15(20)14-11-22-16(18(14)12(2)19)13-7-9-21-10-13/h7,9-10,14,16H,3-6,8,11H2,1-2H3,(H,17,20).